The molecule has 0 aliphatic rings. The van der Waals surface area contributed by atoms with Crippen LogP contribution in [-0.4, -0.2) is 15.0 Å². The normalized spacial score (nSPS) is 9.75. The SMILES string of the molecule is N#Cc1cncc(-c2ncnc(N)c2Cl)c1. The molecule has 0 radical (unpaired) electrons. The maximum atomic E-state index is 8.75. The molecule has 0 atom stereocenters. The van der Waals surface area contributed by atoms with Crippen LogP contribution in [0.2, 0.25) is 5.02 Å². The van der Waals surface area contributed by atoms with E-state index in [1.54, 1.807) is 12.3 Å². The predicted octanol–water partition coefficient (Wildman–Crippen LogP) is 1.65. The van der Waals surface area contributed by atoms with Crippen LogP contribution in [-0.2, 0) is 0 Å². The van der Waals surface area contributed by atoms with Gasteiger partial charge < -0.3 is 5.73 Å². The molecule has 78 valence electrons. The van der Waals surface area contributed by atoms with Crippen molar-refractivity contribution in [1.82, 2.24) is 15.0 Å². The third-order valence-electron chi connectivity index (χ3n) is 1.96. The van der Waals surface area contributed by atoms with Gasteiger partial charge in [-0.05, 0) is 6.07 Å². The summed E-state index contributed by atoms with van der Waals surface area (Å²) in [6.45, 7) is 0. The molecule has 2 heterocycles. The van der Waals surface area contributed by atoms with E-state index in [4.69, 9.17) is 22.6 Å². The summed E-state index contributed by atoms with van der Waals surface area (Å²) in [4.78, 5) is 11.7. The first kappa shape index (κ1) is 10.3. The first-order valence-corrected chi connectivity index (χ1v) is 4.71. The molecule has 0 amide bonds. The van der Waals surface area contributed by atoms with E-state index >= 15 is 0 Å². The summed E-state index contributed by atoms with van der Waals surface area (Å²) >= 11 is 5.96. The second-order valence-electron chi connectivity index (χ2n) is 3.00. The summed E-state index contributed by atoms with van der Waals surface area (Å²) in [6.07, 6.45) is 4.34. The topological polar surface area (TPSA) is 88.5 Å². The first-order chi connectivity index (χ1) is 7.72. The molecule has 0 unspecified atom stereocenters. The van der Waals surface area contributed by atoms with Crippen LogP contribution < -0.4 is 5.73 Å². The minimum absolute atomic E-state index is 0.203. The van der Waals surface area contributed by atoms with Crippen molar-refractivity contribution in [2.75, 3.05) is 5.73 Å². The number of hydrogen-bond donors (Lipinski definition) is 1. The minimum Gasteiger partial charge on any atom is -0.382 e. The van der Waals surface area contributed by atoms with E-state index in [-0.39, 0.29) is 10.8 Å². The Bertz CT molecular complexity index is 576. The molecule has 5 nitrogen and oxygen atoms in total. The van der Waals surface area contributed by atoms with Crippen LogP contribution in [0.3, 0.4) is 0 Å². The Morgan fingerprint density at radius 3 is 2.88 bits per heavy atom. The molecule has 6 heteroatoms. The van der Waals surface area contributed by atoms with Crippen molar-refractivity contribution < 1.29 is 0 Å². The van der Waals surface area contributed by atoms with E-state index in [1.807, 2.05) is 6.07 Å². The Morgan fingerprint density at radius 1 is 1.31 bits per heavy atom. The molecule has 0 aromatic carbocycles. The largest absolute Gasteiger partial charge is 0.382 e. The minimum atomic E-state index is 0.203. The van der Waals surface area contributed by atoms with Gasteiger partial charge in [0.05, 0.1) is 11.3 Å². The lowest BCUT2D eigenvalue weighted by atomic mass is 10.1. The van der Waals surface area contributed by atoms with Gasteiger partial charge in [-0.2, -0.15) is 5.26 Å². The Hall–Kier alpha value is -2.19. The summed E-state index contributed by atoms with van der Waals surface area (Å²) in [5.41, 5.74) is 7.10. The molecule has 2 rings (SSSR count). The Labute approximate surface area is 96.5 Å². The smallest absolute Gasteiger partial charge is 0.146 e. The van der Waals surface area contributed by atoms with Gasteiger partial charge in [0.2, 0.25) is 0 Å². The fraction of sp³-hybridized carbons (Fsp3) is 0. The third kappa shape index (κ3) is 1.78. The Kier molecular flexibility index (Phi) is 2.66. The lowest BCUT2D eigenvalue weighted by Gasteiger charge is -2.04. The summed E-state index contributed by atoms with van der Waals surface area (Å²) < 4.78 is 0. The van der Waals surface area contributed by atoms with E-state index in [2.05, 4.69) is 15.0 Å². The van der Waals surface area contributed by atoms with Crippen LogP contribution in [0.25, 0.3) is 11.3 Å². The van der Waals surface area contributed by atoms with Crippen molar-refractivity contribution in [3.05, 3.63) is 35.4 Å². The fourth-order valence-electron chi connectivity index (χ4n) is 1.22. The lowest BCUT2D eigenvalue weighted by Crippen LogP contribution is -1.96. The van der Waals surface area contributed by atoms with Gasteiger partial charge in [0.25, 0.3) is 0 Å². The molecule has 0 aliphatic carbocycles. The zero-order valence-corrected chi connectivity index (χ0v) is 8.81. The summed E-state index contributed by atoms with van der Waals surface area (Å²) in [7, 11) is 0. The van der Waals surface area contributed by atoms with Crippen LogP contribution in [0.5, 0.6) is 0 Å². The van der Waals surface area contributed by atoms with Gasteiger partial charge in [0, 0.05) is 18.0 Å². The molecule has 2 aromatic heterocycles. The Balaban J connectivity index is 2.59. The lowest BCUT2D eigenvalue weighted by molar-refractivity contribution is 1.17. The molecule has 0 saturated heterocycles. The third-order valence-corrected chi connectivity index (χ3v) is 2.33. The number of nitrogen functional groups attached to an aromatic ring is 1. The van der Waals surface area contributed by atoms with Gasteiger partial charge in [-0.1, -0.05) is 11.6 Å². The molecule has 0 bridgehead atoms. The second kappa shape index (κ2) is 4.13. The molecule has 0 saturated carbocycles. The zero-order valence-electron chi connectivity index (χ0n) is 8.05. The standard InChI is InChI=1S/C10H6ClN5/c11-8-9(15-5-16-10(8)13)7-1-6(2-12)3-14-4-7/h1,3-5H,(H2,13,15,16). The van der Waals surface area contributed by atoms with Crippen LogP contribution in [0.4, 0.5) is 5.82 Å². The maximum absolute atomic E-state index is 8.75. The molecule has 2 aromatic rings. The molecule has 2 N–H and O–H groups in total. The molecular formula is C10H6ClN5. The number of pyridine rings is 1. The van der Waals surface area contributed by atoms with E-state index in [0.717, 1.165) is 0 Å². The van der Waals surface area contributed by atoms with Gasteiger partial charge in [-0.3, -0.25) is 4.98 Å². The highest BCUT2D eigenvalue weighted by molar-refractivity contribution is 6.35. The van der Waals surface area contributed by atoms with Crippen molar-refractivity contribution in [3.63, 3.8) is 0 Å². The molecular weight excluding hydrogens is 226 g/mol. The average molecular weight is 232 g/mol. The number of nitrogens with two attached hydrogens (primary N) is 1. The van der Waals surface area contributed by atoms with Gasteiger partial charge in [-0.15, -0.1) is 0 Å². The van der Waals surface area contributed by atoms with Gasteiger partial charge in [0.15, 0.2) is 0 Å². The quantitative estimate of drug-likeness (QED) is 0.806. The number of nitrogens with zero attached hydrogens (tertiary/aromatic N) is 4. The molecule has 16 heavy (non-hydrogen) atoms. The highest BCUT2D eigenvalue weighted by atomic mass is 35.5. The van der Waals surface area contributed by atoms with Crippen LogP contribution in [0, 0.1) is 11.3 Å². The molecule has 0 aliphatic heterocycles. The number of aromatic nitrogens is 3. The number of hydrogen-bond acceptors (Lipinski definition) is 5. The van der Waals surface area contributed by atoms with Crippen LogP contribution >= 0.6 is 11.6 Å². The zero-order chi connectivity index (χ0) is 11.5. The van der Waals surface area contributed by atoms with Gasteiger partial charge in [0.1, 0.15) is 23.2 Å². The van der Waals surface area contributed by atoms with Crippen molar-refractivity contribution in [1.29, 1.82) is 5.26 Å². The van der Waals surface area contributed by atoms with E-state index in [9.17, 15) is 0 Å². The number of rotatable bonds is 1. The highest BCUT2D eigenvalue weighted by Crippen LogP contribution is 2.28. The van der Waals surface area contributed by atoms with Crippen molar-refractivity contribution >= 4 is 17.4 Å². The average Bonchev–Trinajstić information content (AvgIpc) is 2.33. The van der Waals surface area contributed by atoms with E-state index in [0.29, 0.717) is 16.8 Å². The fourth-order valence-corrected chi connectivity index (χ4v) is 1.42. The summed E-state index contributed by atoms with van der Waals surface area (Å²) in [5, 5.41) is 9.02. The van der Waals surface area contributed by atoms with Crippen molar-refractivity contribution in [2.45, 2.75) is 0 Å². The number of anilines is 1. The number of nitriles is 1. The first-order valence-electron chi connectivity index (χ1n) is 4.34. The number of halogens is 1. The van der Waals surface area contributed by atoms with Gasteiger partial charge >= 0.3 is 0 Å². The van der Waals surface area contributed by atoms with Gasteiger partial charge in [-0.25, -0.2) is 9.97 Å². The Morgan fingerprint density at radius 2 is 2.12 bits per heavy atom. The van der Waals surface area contributed by atoms with Crippen LogP contribution in [0.15, 0.2) is 24.8 Å². The predicted molar refractivity (Wildman–Crippen MR) is 59.4 cm³/mol. The summed E-state index contributed by atoms with van der Waals surface area (Å²) in [5.74, 6) is 0.203. The molecule has 0 fully saturated rings. The maximum Gasteiger partial charge on any atom is 0.146 e. The second-order valence-corrected chi connectivity index (χ2v) is 3.37. The van der Waals surface area contributed by atoms with E-state index in [1.165, 1.54) is 12.5 Å². The molecule has 0 spiro atoms. The van der Waals surface area contributed by atoms with Crippen LogP contribution in [0.1, 0.15) is 5.56 Å². The summed E-state index contributed by atoms with van der Waals surface area (Å²) in [6, 6.07) is 3.63. The van der Waals surface area contributed by atoms with Crippen molar-refractivity contribution in [3.8, 4) is 17.3 Å². The van der Waals surface area contributed by atoms with Crippen molar-refractivity contribution in [2.24, 2.45) is 0 Å². The highest BCUT2D eigenvalue weighted by Gasteiger charge is 2.09. The monoisotopic (exact) mass is 231 g/mol. The van der Waals surface area contributed by atoms with E-state index < -0.39 is 0 Å².